The van der Waals surface area contributed by atoms with Crippen molar-refractivity contribution in [1.29, 1.82) is 0 Å². The minimum Gasteiger partial charge on any atom is -0.369 e. The van der Waals surface area contributed by atoms with Gasteiger partial charge < -0.3 is 15.0 Å². The minimum atomic E-state index is -0.280. The lowest BCUT2D eigenvalue weighted by Gasteiger charge is -2.27. The van der Waals surface area contributed by atoms with Gasteiger partial charge in [-0.15, -0.1) is 0 Å². The molecule has 0 radical (unpaired) electrons. The molecule has 1 aliphatic rings. The molecule has 1 amide bonds. The summed E-state index contributed by atoms with van der Waals surface area (Å²) in [6.45, 7) is 8.16. The highest BCUT2D eigenvalue weighted by atomic mass is 16.5. The molecule has 1 aromatic carbocycles. The third-order valence-electron chi connectivity index (χ3n) is 3.65. The maximum atomic E-state index is 12.0. The number of ether oxygens (including phenoxy) is 1. The monoisotopic (exact) mass is 276 g/mol. The summed E-state index contributed by atoms with van der Waals surface area (Å²) in [5, 5.41) is 2.91. The Morgan fingerprint density at radius 1 is 1.40 bits per heavy atom. The van der Waals surface area contributed by atoms with Gasteiger partial charge in [-0.25, -0.2) is 0 Å². The van der Waals surface area contributed by atoms with Gasteiger partial charge in [0.1, 0.15) is 6.10 Å². The third-order valence-corrected chi connectivity index (χ3v) is 3.65. The summed E-state index contributed by atoms with van der Waals surface area (Å²) in [4.78, 5) is 14.3. The maximum absolute atomic E-state index is 12.0. The molecule has 0 spiro atoms. The van der Waals surface area contributed by atoms with Crippen molar-refractivity contribution in [2.75, 3.05) is 23.4 Å². The van der Waals surface area contributed by atoms with Crippen molar-refractivity contribution in [1.82, 2.24) is 0 Å². The smallest absolute Gasteiger partial charge is 0.253 e. The number of carbonyl (C=O) groups is 1. The molecule has 4 nitrogen and oxygen atoms in total. The third kappa shape index (κ3) is 3.51. The van der Waals surface area contributed by atoms with Crippen molar-refractivity contribution in [3.63, 3.8) is 0 Å². The van der Waals surface area contributed by atoms with E-state index < -0.39 is 0 Å². The van der Waals surface area contributed by atoms with Gasteiger partial charge in [0, 0.05) is 30.6 Å². The average molecular weight is 276 g/mol. The van der Waals surface area contributed by atoms with Crippen molar-refractivity contribution >= 4 is 17.3 Å². The Labute approximate surface area is 121 Å². The predicted molar refractivity (Wildman–Crippen MR) is 82.2 cm³/mol. The zero-order valence-electron chi connectivity index (χ0n) is 12.6. The molecule has 1 N–H and O–H groups in total. The largest absolute Gasteiger partial charge is 0.369 e. The van der Waals surface area contributed by atoms with Gasteiger partial charge in [-0.2, -0.15) is 0 Å². The summed E-state index contributed by atoms with van der Waals surface area (Å²) >= 11 is 0. The van der Waals surface area contributed by atoms with E-state index in [2.05, 4.69) is 43.1 Å². The maximum Gasteiger partial charge on any atom is 0.253 e. The first-order valence-corrected chi connectivity index (χ1v) is 7.41. The predicted octanol–water partition coefficient (Wildman–Crippen LogP) is 3.04. The first-order valence-electron chi connectivity index (χ1n) is 7.41. The quantitative estimate of drug-likeness (QED) is 0.898. The van der Waals surface area contributed by atoms with Crippen LogP contribution in [0.15, 0.2) is 24.3 Å². The highest BCUT2D eigenvalue weighted by Crippen LogP contribution is 2.21. The van der Waals surface area contributed by atoms with Crippen molar-refractivity contribution < 1.29 is 9.53 Å². The van der Waals surface area contributed by atoms with Crippen LogP contribution in [0.1, 0.15) is 33.6 Å². The second kappa shape index (κ2) is 6.75. The first kappa shape index (κ1) is 14.9. The fourth-order valence-electron chi connectivity index (χ4n) is 2.59. The van der Waals surface area contributed by atoms with Crippen LogP contribution >= 0.6 is 0 Å². The lowest BCUT2D eigenvalue weighted by Crippen LogP contribution is -2.30. The molecule has 2 rings (SSSR count). The van der Waals surface area contributed by atoms with E-state index >= 15 is 0 Å². The van der Waals surface area contributed by atoms with Crippen molar-refractivity contribution in [3.05, 3.63) is 24.3 Å². The summed E-state index contributed by atoms with van der Waals surface area (Å²) in [5.41, 5.74) is 2.01. The van der Waals surface area contributed by atoms with E-state index in [1.807, 2.05) is 12.1 Å². The summed E-state index contributed by atoms with van der Waals surface area (Å²) in [5.74, 6) is -0.0357. The van der Waals surface area contributed by atoms with Gasteiger partial charge in [-0.1, -0.05) is 0 Å². The fourth-order valence-corrected chi connectivity index (χ4v) is 2.59. The highest BCUT2D eigenvalue weighted by Gasteiger charge is 2.23. The summed E-state index contributed by atoms with van der Waals surface area (Å²) in [7, 11) is 0. The standard InChI is InChI=1S/C16H24N2O2/c1-4-18(12(2)3)14-9-7-13(8-10-14)17-16(19)15-6-5-11-20-15/h7-10,12,15H,4-6,11H2,1-3H3,(H,17,19). The molecule has 0 bridgehead atoms. The van der Waals surface area contributed by atoms with Gasteiger partial charge in [-0.05, 0) is 57.9 Å². The minimum absolute atomic E-state index is 0.0357. The van der Waals surface area contributed by atoms with Gasteiger partial charge in [0.2, 0.25) is 0 Å². The zero-order chi connectivity index (χ0) is 14.5. The molecule has 1 atom stereocenters. The number of hydrogen-bond acceptors (Lipinski definition) is 3. The van der Waals surface area contributed by atoms with Crippen LogP contribution in [-0.2, 0) is 9.53 Å². The molecular formula is C16H24N2O2. The Kier molecular flexibility index (Phi) is 5.01. The number of hydrogen-bond donors (Lipinski definition) is 1. The van der Waals surface area contributed by atoms with Crippen LogP contribution in [0.5, 0.6) is 0 Å². The zero-order valence-corrected chi connectivity index (χ0v) is 12.6. The van der Waals surface area contributed by atoms with Crippen LogP contribution < -0.4 is 10.2 Å². The molecule has 1 aliphatic heterocycles. The first-order chi connectivity index (χ1) is 9.61. The highest BCUT2D eigenvalue weighted by molar-refractivity contribution is 5.94. The number of rotatable bonds is 5. The van der Waals surface area contributed by atoms with Gasteiger partial charge in [0.05, 0.1) is 0 Å². The van der Waals surface area contributed by atoms with E-state index in [1.165, 1.54) is 5.69 Å². The second-order valence-corrected chi connectivity index (χ2v) is 5.42. The lowest BCUT2D eigenvalue weighted by molar-refractivity contribution is -0.124. The number of nitrogens with one attached hydrogen (secondary N) is 1. The van der Waals surface area contributed by atoms with Gasteiger partial charge in [0.25, 0.3) is 5.91 Å². The Morgan fingerprint density at radius 3 is 2.60 bits per heavy atom. The van der Waals surface area contributed by atoms with Crippen molar-refractivity contribution in [2.24, 2.45) is 0 Å². The fraction of sp³-hybridized carbons (Fsp3) is 0.562. The normalized spacial score (nSPS) is 18.3. The van der Waals surface area contributed by atoms with E-state index in [0.29, 0.717) is 12.6 Å². The molecule has 1 aromatic rings. The molecule has 1 heterocycles. The van der Waals surface area contributed by atoms with Crippen molar-refractivity contribution in [2.45, 2.75) is 45.8 Å². The molecular weight excluding hydrogens is 252 g/mol. The van der Waals surface area contributed by atoms with Crippen LogP contribution in [0.4, 0.5) is 11.4 Å². The molecule has 110 valence electrons. The Morgan fingerprint density at radius 2 is 2.10 bits per heavy atom. The topological polar surface area (TPSA) is 41.6 Å². The molecule has 0 saturated carbocycles. The summed E-state index contributed by atoms with van der Waals surface area (Å²) in [6.07, 6.45) is 1.51. The van der Waals surface area contributed by atoms with Crippen LogP contribution in [0.3, 0.4) is 0 Å². The number of anilines is 2. The SMILES string of the molecule is CCN(c1ccc(NC(=O)C2CCCO2)cc1)C(C)C. The molecule has 0 aromatic heterocycles. The Bertz CT molecular complexity index is 436. The van der Waals surface area contributed by atoms with Gasteiger partial charge in [0.15, 0.2) is 0 Å². The Balaban J connectivity index is 1.99. The summed E-state index contributed by atoms with van der Waals surface area (Å²) < 4.78 is 5.38. The van der Waals surface area contributed by atoms with Crippen LogP contribution in [0.25, 0.3) is 0 Å². The number of amides is 1. The van der Waals surface area contributed by atoms with Crippen LogP contribution in [0.2, 0.25) is 0 Å². The number of benzene rings is 1. The Hall–Kier alpha value is -1.55. The lowest BCUT2D eigenvalue weighted by atomic mass is 10.2. The average Bonchev–Trinajstić information content (AvgIpc) is 2.95. The van der Waals surface area contributed by atoms with Crippen molar-refractivity contribution in [3.8, 4) is 0 Å². The molecule has 1 fully saturated rings. The van der Waals surface area contributed by atoms with E-state index in [1.54, 1.807) is 0 Å². The second-order valence-electron chi connectivity index (χ2n) is 5.42. The van der Waals surface area contributed by atoms with Crippen LogP contribution in [-0.4, -0.2) is 31.2 Å². The van der Waals surface area contributed by atoms with E-state index in [9.17, 15) is 4.79 Å². The van der Waals surface area contributed by atoms with Crippen LogP contribution in [0, 0.1) is 0 Å². The molecule has 1 saturated heterocycles. The van der Waals surface area contributed by atoms with Gasteiger partial charge in [-0.3, -0.25) is 4.79 Å². The molecule has 0 aliphatic carbocycles. The van der Waals surface area contributed by atoms with E-state index in [4.69, 9.17) is 4.74 Å². The van der Waals surface area contributed by atoms with E-state index in [-0.39, 0.29) is 12.0 Å². The molecule has 4 heteroatoms. The number of nitrogens with zero attached hydrogens (tertiary/aromatic N) is 1. The number of carbonyl (C=O) groups excluding carboxylic acids is 1. The molecule has 20 heavy (non-hydrogen) atoms. The molecule has 1 unspecified atom stereocenters. The summed E-state index contributed by atoms with van der Waals surface area (Å²) in [6, 6.07) is 8.47. The van der Waals surface area contributed by atoms with E-state index in [0.717, 1.165) is 25.1 Å². The van der Waals surface area contributed by atoms with Gasteiger partial charge >= 0.3 is 0 Å².